The van der Waals surface area contributed by atoms with Crippen LogP contribution in [0.25, 0.3) is 22.3 Å². The molecule has 34 heteroatoms. The summed E-state index contributed by atoms with van der Waals surface area (Å²) in [4.78, 5) is 90.0. The SMILES string of the molecule is O=P(O)(O)CP(=O)(O)OC[C@H]1O[C@@H](n2cnc3c(N4CC(c5ccc(OC6C(O)[C@@H](COP(=O)(O)CP(=O)(O)O)O[C@H]6n6cnc7c(N8CC9(CCCCCC9)c9ccccc98)nc(Cl)nc76)cc5)C5(CCCCC5)C4)nc(Cl)nc32)C(O)C1O. The number of aromatic nitrogens is 8. The van der Waals surface area contributed by atoms with Gasteiger partial charge in [-0.1, -0.05) is 75.3 Å². The molecule has 28 nitrogen and oxygen atoms in total. The van der Waals surface area contributed by atoms with Gasteiger partial charge in [-0.2, -0.15) is 19.9 Å². The monoisotopic (exact) mass is 1300 g/mol. The lowest BCUT2D eigenvalue weighted by Gasteiger charge is -2.38. The van der Waals surface area contributed by atoms with E-state index >= 15 is 0 Å². The summed E-state index contributed by atoms with van der Waals surface area (Å²) in [5, 5.41) is 33.9. The lowest BCUT2D eigenvalue weighted by atomic mass is 9.66. The molecule has 460 valence electrons. The maximum absolute atomic E-state index is 12.9. The number of halogens is 2. The molecule has 8 heterocycles. The molecule has 7 unspecified atom stereocenters. The van der Waals surface area contributed by atoms with Crippen LogP contribution in [-0.2, 0) is 42.2 Å². The average molecular weight is 1300 g/mol. The highest BCUT2D eigenvalue weighted by atomic mass is 35.5. The first-order valence-corrected chi connectivity index (χ1v) is 35.7. The third-order valence-corrected chi connectivity index (χ3v) is 24.7. The van der Waals surface area contributed by atoms with E-state index in [1.165, 1.54) is 22.8 Å². The van der Waals surface area contributed by atoms with Gasteiger partial charge in [0.2, 0.25) is 10.6 Å². The van der Waals surface area contributed by atoms with Gasteiger partial charge in [0, 0.05) is 36.7 Å². The van der Waals surface area contributed by atoms with Crippen LogP contribution in [-0.4, -0.2) is 165 Å². The van der Waals surface area contributed by atoms with Gasteiger partial charge in [-0.15, -0.1) is 0 Å². The van der Waals surface area contributed by atoms with Gasteiger partial charge >= 0.3 is 30.4 Å². The number of rotatable bonds is 17. The van der Waals surface area contributed by atoms with E-state index in [9.17, 15) is 62.9 Å². The van der Waals surface area contributed by atoms with Gasteiger partial charge < -0.3 is 77.7 Å². The van der Waals surface area contributed by atoms with E-state index in [1.807, 2.05) is 18.2 Å². The second kappa shape index (κ2) is 23.4. The summed E-state index contributed by atoms with van der Waals surface area (Å²) in [7, 11) is -19.7. The first-order chi connectivity index (χ1) is 40.3. The predicted octanol–water partition coefficient (Wildman–Crippen LogP) is 6.57. The van der Waals surface area contributed by atoms with Crippen molar-refractivity contribution in [1.29, 1.82) is 0 Å². The Hall–Kier alpha value is -4.08. The zero-order valence-electron chi connectivity index (χ0n) is 45.4. The number of benzene rings is 2. The highest BCUT2D eigenvalue weighted by Gasteiger charge is 2.52. The Kier molecular flexibility index (Phi) is 16.8. The van der Waals surface area contributed by atoms with Gasteiger partial charge in [0.15, 0.2) is 64.3 Å². The maximum Gasteiger partial charge on any atom is 0.340 e. The van der Waals surface area contributed by atoms with Gasteiger partial charge in [0.1, 0.15) is 36.3 Å². The molecule has 0 amide bonds. The fourth-order valence-electron chi connectivity index (χ4n) is 13.7. The van der Waals surface area contributed by atoms with Crippen LogP contribution in [0.5, 0.6) is 5.75 Å². The van der Waals surface area contributed by atoms with E-state index in [0.29, 0.717) is 48.1 Å². The van der Waals surface area contributed by atoms with Crippen molar-refractivity contribution < 1.29 is 86.2 Å². The number of hydrogen-bond acceptors (Lipinski definition) is 20. The van der Waals surface area contributed by atoms with E-state index in [0.717, 1.165) is 81.9 Å². The topological polar surface area (TPSA) is 390 Å². The molecule has 3 saturated heterocycles. The molecular weight excluding hydrogens is 1240 g/mol. The minimum atomic E-state index is -5.00. The van der Waals surface area contributed by atoms with Gasteiger partial charge in [0.25, 0.3) is 0 Å². The van der Waals surface area contributed by atoms with Crippen molar-refractivity contribution in [3.05, 3.63) is 82.9 Å². The second-order valence-corrected chi connectivity index (χ2v) is 31.8. The van der Waals surface area contributed by atoms with Crippen molar-refractivity contribution in [3.63, 3.8) is 0 Å². The summed E-state index contributed by atoms with van der Waals surface area (Å²) in [5.41, 5.74) is 3.88. The number of fused-ring (bicyclic) bond motifs is 4. The highest BCUT2D eigenvalue weighted by Crippen LogP contribution is 2.58. The maximum atomic E-state index is 12.9. The number of hydrogen-bond donors (Lipinski definition) is 9. The molecule has 4 aliphatic heterocycles. The molecule has 0 bridgehead atoms. The van der Waals surface area contributed by atoms with Gasteiger partial charge in [-0.05, 0) is 83.6 Å². The number of ether oxygens (including phenoxy) is 3. The van der Waals surface area contributed by atoms with Crippen LogP contribution < -0.4 is 14.5 Å². The number of nitrogens with zero attached hydrogens (tertiary/aromatic N) is 10. The first kappa shape index (κ1) is 61.2. The van der Waals surface area contributed by atoms with Crippen LogP contribution in [0.4, 0.5) is 17.3 Å². The van der Waals surface area contributed by atoms with Crippen LogP contribution >= 0.6 is 53.6 Å². The second-order valence-electron chi connectivity index (χ2n) is 23.2. The summed E-state index contributed by atoms with van der Waals surface area (Å²) >= 11 is 13.4. The molecule has 2 spiro atoms. The molecule has 2 saturated carbocycles. The molecule has 0 radical (unpaired) electrons. The average Bonchev–Trinajstić information content (AvgIpc) is 1.65. The Morgan fingerprint density at radius 3 is 1.75 bits per heavy atom. The minimum absolute atomic E-state index is 0.0790. The normalized spacial score (nSPS) is 28.3. The Morgan fingerprint density at radius 1 is 0.612 bits per heavy atom. The fraction of sp³-hybridized carbons (Fsp3) is 0.569. The first-order valence-electron chi connectivity index (χ1n) is 27.8. The van der Waals surface area contributed by atoms with E-state index in [1.54, 1.807) is 16.7 Å². The summed E-state index contributed by atoms with van der Waals surface area (Å²) in [6.07, 6.45) is 2.56. The van der Waals surface area contributed by atoms with Crippen LogP contribution in [0.15, 0.2) is 61.2 Å². The Morgan fingerprint density at radius 2 is 1.14 bits per heavy atom. The third kappa shape index (κ3) is 12.4. The lowest BCUT2D eigenvalue weighted by Crippen LogP contribution is -2.38. The lowest BCUT2D eigenvalue weighted by molar-refractivity contribution is -0.0483. The zero-order chi connectivity index (χ0) is 60.0. The molecule has 12 rings (SSSR count). The van der Waals surface area contributed by atoms with E-state index in [4.69, 9.17) is 56.4 Å². The zero-order valence-corrected chi connectivity index (χ0v) is 50.5. The van der Waals surface area contributed by atoms with E-state index < -0.39 is 104 Å². The van der Waals surface area contributed by atoms with Crippen LogP contribution in [0.2, 0.25) is 10.6 Å². The Labute approximate surface area is 495 Å². The van der Waals surface area contributed by atoms with Crippen LogP contribution in [0, 0.1) is 5.41 Å². The standard InChI is InChI=1S/C51H64Cl2N10O18P4/c52-48-56-42(36-44(58-48)62(25-54-36)46-40(66)38(64)34(80-46)21-77-84(73,74)27-82(67,68)69)60-20-32(50(23-60)16-8-3-9-17-50)29-12-14-30(15-13-29)79-41-39(65)35(22-78-85(75,76)28-83(70,71)72)81-47(41)63-26-55-37-43(57-49(53)59-45(37)63)61-24-51(18-6-1-2-7-19-51)31-10-4-5-11-33(31)61/h4-5,10-15,25-26,32,34-35,38-41,46-47,64-66H,1-3,6-9,16-24,27-28H2,(H,73,74)(H,75,76)(H2,67,68,69)(H2,70,71,72)/t32?,34-,35-,38?,39?,40?,41?,46-,47-/m1/s1. The molecule has 9 N–H and O–H groups in total. The van der Waals surface area contributed by atoms with Crippen LogP contribution in [0.1, 0.15) is 100 Å². The van der Waals surface area contributed by atoms with E-state index in [2.05, 4.69) is 47.9 Å². The van der Waals surface area contributed by atoms with Crippen molar-refractivity contribution in [1.82, 2.24) is 39.0 Å². The molecular formula is C51H64Cl2N10O18P4. The summed E-state index contributed by atoms with van der Waals surface area (Å²) in [6, 6.07) is 15.7. The number of aliphatic hydroxyl groups excluding tert-OH is 3. The quantitative estimate of drug-likeness (QED) is 0.0344. The van der Waals surface area contributed by atoms with Gasteiger partial charge in [0.05, 0.1) is 25.9 Å². The summed E-state index contributed by atoms with van der Waals surface area (Å²) < 4.78 is 80.4. The smallest absolute Gasteiger partial charge is 0.340 e. The predicted molar refractivity (Wildman–Crippen MR) is 306 cm³/mol. The Bertz CT molecular complexity index is 3680. The van der Waals surface area contributed by atoms with Gasteiger partial charge in [-0.3, -0.25) is 27.4 Å². The largest absolute Gasteiger partial charge is 0.483 e. The molecule has 5 fully saturated rings. The number of para-hydroxylation sites is 1. The molecule has 6 aromatic rings. The van der Waals surface area contributed by atoms with Crippen molar-refractivity contribution in [2.24, 2.45) is 5.41 Å². The molecule has 2 aromatic carbocycles. The Balaban J connectivity index is 0.820. The molecule has 6 aliphatic rings. The highest BCUT2D eigenvalue weighted by molar-refractivity contribution is 7.70. The number of imidazole rings is 2. The summed E-state index contributed by atoms with van der Waals surface area (Å²) in [5.74, 6) is -1.82. The molecule has 4 aromatic heterocycles. The number of aliphatic hydroxyl groups is 3. The van der Waals surface area contributed by atoms with Crippen molar-refractivity contribution >= 4 is 93.2 Å². The third-order valence-electron chi connectivity index (χ3n) is 17.5. The van der Waals surface area contributed by atoms with Crippen molar-refractivity contribution in [3.8, 4) is 5.75 Å². The van der Waals surface area contributed by atoms with Crippen LogP contribution in [0.3, 0.4) is 0 Å². The fourth-order valence-corrected chi connectivity index (χ4v) is 19.2. The summed E-state index contributed by atoms with van der Waals surface area (Å²) in [6.45, 7) is 0.0950. The van der Waals surface area contributed by atoms with Crippen molar-refractivity contribution in [2.45, 2.75) is 131 Å². The molecule has 11 atom stereocenters. The molecule has 2 aliphatic carbocycles. The minimum Gasteiger partial charge on any atom is -0.483 e. The molecule has 85 heavy (non-hydrogen) atoms. The number of anilines is 3. The van der Waals surface area contributed by atoms with Gasteiger partial charge in [-0.25, -0.2) is 9.97 Å². The van der Waals surface area contributed by atoms with Crippen molar-refractivity contribution in [2.75, 3.05) is 54.5 Å². The van der Waals surface area contributed by atoms with E-state index in [-0.39, 0.29) is 38.6 Å².